The topological polar surface area (TPSA) is 49.3 Å². The van der Waals surface area contributed by atoms with Crippen molar-refractivity contribution in [2.45, 2.75) is 0 Å². The highest BCUT2D eigenvalue weighted by molar-refractivity contribution is 6.02. The number of aromatic hydroxyl groups is 1. The van der Waals surface area contributed by atoms with E-state index in [1.807, 2.05) is 30.3 Å². The molecule has 19 heavy (non-hydrogen) atoms. The van der Waals surface area contributed by atoms with Gasteiger partial charge in [0.15, 0.2) is 0 Å². The Morgan fingerprint density at radius 3 is 2.58 bits per heavy atom. The van der Waals surface area contributed by atoms with Crippen molar-refractivity contribution in [3.8, 4) is 5.75 Å². The minimum Gasteiger partial charge on any atom is -0.506 e. The number of phenols is 1. The SMILES string of the molecule is O=C(/C=C/c1ccccc1)Nc1ccc(F)cc1O. The quantitative estimate of drug-likeness (QED) is 0.655. The molecule has 2 aromatic carbocycles. The molecule has 4 heteroatoms. The first-order valence-corrected chi connectivity index (χ1v) is 5.68. The number of hydrogen-bond acceptors (Lipinski definition) is 2. The van der Waals surface area contributed by atoms with E-state index < -0.39 is 11.7 Å². The first-order chi connectivity index (χ1) is 9.15. The lowest BCUT2D eigenvalue weighted by atomic mass is 10.2. The number of nitrogens with one attached hydrogen (secondary N) is 1. The predicted molar refractivity (Wildman–Crippen MR) is 72.2 cm³/mol. The van der Waals surface area contributed by atoms with Crippen LogP contribution in [0.3, 0.4) is 0 Å². The smallest absolute Gasteiger partial charge is 0.248 e. The third-order valence-corrected chi connectivity index (χ3v) is 2.44. The lowest BCUT2D eigenvalue weighted by molar-refractivity contribution is -0.111. The van der Waals surface area contributed by atoms with Crippen LogP contribution in [0, 0.1) is 5.82 Å². The van der Waals surface area contributed by atoms with E-state index in [4.69, 9.17) is 0 Å². The van der Waals surface area contributed by atoms with E-state index in [0.717, 1.165) is 17.7 Å². The number of rotatable bonds is 3. The summed E-state index contributed by atoms with van der Waals surface area (Å²) in [5, 5.41) is 11.9. The maximum Gasteiger partial charge on any atom is 0.248 e. The second-order valence-corrected chi connectivity index (χ2v) is 3.89. The Labute approximate surface area is 110 Å². The molecule has 2 N–H and O–H groups in total. The summed E-state index contributed by atoms with van der Waals surface area (Å²) in [7, 11) is 0. The van der Waals surface area contributed by atoms with Gasteiger partial charge in [-0.1, -0.05) is 30.3 Å². The van der Waals surface area contributed by atoms with Gasteiger partial charge in [-0.15, -0.1) is 0 Å². The molecule has 0 aliphatic heterocycles. The van der Waals surface area contributed by atoms with E-state index in [0.29, 0.717) is 0 Å². The molecule has 3 nitrogen and oxygen atoms in total. The van der Waals surface area contributed by atoms with E-state index in [9.17, 15) is 14.3 Å². The number of halogens is 1. The summed E-state index contributed by atoms with van der Waals surface area (Å²) in [5.74, 6) is -1.26. The van der Waals surface area contributed by atoms with Crippen LogP contribution in [0.15, 0.2) is 54.6 Å². The van der Waals surface area contributed by atoms with Crippen LogP contribution < -0.4 is 5.32 Å². The highest BCUT2D eigenvalue weighted by Crippen LogP contribution is 2.23. The summed E-state index contributed by atoms with van der Waals surface area (Å²) in [6, 6.07) is 12.7. The number of carbonyl (C=O) groups is 1. The summed E-state index contributed by atoms with van der Waals surface area (Å²) in [4.78, 5) is 11.6. The van der Waals surface area contributed by atoms with E-state index in [1.165, 1.54) is 12.1 Å². The van der Waals surface area contributed by atoms with Gasteiger partial charge in [-0.3, -0.25) is 4.79 Å². The molecule has 0 aromatic heterocycles. The number of benzene rings is 2. The van der Waals surface area contributed by atoms with E-state index in [1.54, 1.807) is 6.08 Å². The van der Waals surface area contributed by atoms with E-state index in [-0.39, 0.29) is 11.4 Å². The number of phenolic OH excluding ortho intramolecular Hbond substituents is 1. The molecular formula is C15H12FNO2. The van der Waals surface area contributed by atoms with Crippen LogP contribution in [0.4, 0.5) is 10.1 Å². The van der Waals surface area contributed by atoms with Crippen LogP contribution in [-0.2, 0) is 4.79 Å². The highest BCUT2D eigenvalue weighted by atomic mass is 19.1. The average molecular weight is 257 g/mol. The van der Waals surface area contributed by atoms with Crippen molar-refractivity contribution in [3.05, 3.63) is 66.0 Å². The Balaban J connectivity index is 2.04. The number of hydrogen-bond donors (Lipinski definition) is 2. The van der Waals surface area contributed by atoms with Crippen LogP contribution in [0.2, 0.25) is 0 Å². The Morgan fingerprint density at radius 1 is 1.16 bits per heavy atom. The van der Waals surface area contributed by atoms with Gasteiger partial charge in [0.05, 0.1) is 5.69 Å². The van der Waals surface area contributed by atoms with Gasteiger partial charge in [-0.05, 0) is 23.8 Å². The van der Waals surface area contributed by atoms with Gasteiger partial charge in [0.25, 0.3) is 0 Å². The maximum atomic E-state index is 12.8. The van der Waals surface area contributed by atoms with Gasteiger partial charge in [-0.25, -0.2) is 4.39 Å². The van der Waals surface area contributed by atoms with Crippen molar-refractivity contribution >= 4 is 17.7 Å². The van der Waals surface area contributed by atoms with Gasteiger partial charge < -0.3 is 10.4 Å². The molecular weight excluding hydrogens is 245 g/mol. The third-order valence-electron chi connectivity index (χ3n) is 2.44. The fourth-order valence-electron chi connectivity index (χ4n) is 1.52. The Morgan fingerprint density at radius 2 is 1.89 bits per heavy atom. The molecule has 0 unspecified atom stereocenters. The molecule has 0 saturated heterocycles. The van der Waals surface area contributed by atoms with Gasteiger partial charge in [0, 0.05) is 12.1 Å². The monoisotopic (exact) mass is 257 g/mol. The molecule has 2 aromatic rings. The zero-order valence-electron chi connectivity index (χ0n) is 10.0. The van der Waals surface area contributed by atoms with Gasteiger partial charge >= 0.3 is 0 Å². The number of amides is 1. The standard InChI is InChI=1S/C15H12FNO2/c16-12-7-8-13(14(18)10-12)17-15(19)9-6-11-4-2-1-3-5-11/h1-10,18H,(H,17,19)/b9-6+. The van der Waals surface area contributed by atoms with Crippen molar-refractivity contribution in [3.63, 3.8) is 0 Å². The van der Waals surface area contributed by atoms with Gasteiger partial charge in [0.2, 0.25) is 5.91 Å². The Hall–Kier alpha value is -2.62. The summed E-state index contributed by atoms with van der Waals surface area (Å²) in [6.45, 7) is 0. The molecule has 0 aliphatic rings. The summed E-state index contributed by atoms with van der Waals surface area (Å²) in [6.07, 6.45) is 2.99. The third kappa shape index (κ3) is 3.67. The minimum atomic E-state index is -0.560. The van der Waals surface area contributed by atoms with Crippen molar-refractivity contribution in [1.82, 2.24) is 0 Å². The molecule has 0 spiro atoms. The van der Waals surface area contributed by atoms with E-state index >= 15 is 0 Å². The number of carbonyl (C=O) groups excluding carboxylic acids is 1. The molecule has 0 atom stereocenters. The van der Waals surface area contributed by atoms with Crippen molar-refractivity contribution in [1.29, 1.82) is 0 Å². The zero-order valence-corrected chi connectivity index (χ0v) is 10.0. The molecule has 0 radical (unpaired) electrons. The molecule has 0 aliphatic carbocycles. The van der Waals surface area contributed by atoms with Gasteiger partial charge in [0.1, 0.15) is 11.6 Å². The molecule has 2 rings (SSSR count). The Bertz CT molecular complexity index is 609. The van der Waals surface area contributed by atoms with Gasteiger partial charge in [-0.2, -0.15) is 0 Å². The summed E-state index contributed by atoms with van der Waals surface area (Å²) < 4.78 is 12.8. The predicted octanol–water partition coefficient (Wildman–Crippen LogP) is 3.18. The molecule has 1 amide bonds. The second-order valence-electron chi connectivity index (χ2n) is 3.89. The molecule has 96 valence electrons. The molecule has 0 heterocycles. The summed E-state index contributed by atoms with van der Waals surface area (Å²) >= 11 is 0. The fourth-order valence-corrected chi connectivity index (χ4v) is 1.52. The molecule has 0 saturated carbocycles. The molecule has 0 fully saturated rings. The lowest BCUT2D eigenvalue weighted by Crippen LogP contribution is -2.07. The van der Waals surface area contributed by atoms with Crippen LogP contribution in [0.1, 0.15) is 5.56 Å². The first kappa shape index (κ1) is 12.8. The van der Waals surface area contributed by atoms with Crippen LogP contribution in [0.5, 0.6) is 5.75 Å². The second kappa shape index (κ2) is 5.82. The summed E-state index contributed by atoms with van der Waals surface area (Å²) in [5.41, 5.74) is 1.06. The molecule has 0 bridgehead atoms. The van der Waals surface area contributed by atoms with Crippen molar-refractivity contribution in [2.75, 3.05) is 5.32 Å². The fraction of sp³-hybridized carbons (Fsp3) is 0. The van der Waals surface area contributed by atoms with E-state index in [2.05, 4.69) is 5.32 Å². The zero-order chi connectivity index (χ0) is 13.7. The average Bonchev–Trinajstić information content (AvgIpc) is 2.41. The van der Waals surface area contributed by atoms with Crippen molar-refractivity contribution in [2.24, 2.45) is 0 Å². The lowest BCUT2D eigenvalue weighted by Gasteiger charge is -2.04. The Kier molecular flexibility index (Phi) is 3.93. The van der Waals surface area contributed by atoms with Crippen LogP contribution >= 0.6 is 0 Å². The first-order valence-electron chi connectivity index (χ1n) is 5.68. The van der Waals surface area contributed by atoms with Crippen LogP contribution in [-0.4, -0.2) is 11.0 Å². The normalized spacial score (nSPS) is 10.6. The highest BCUT2D eigenvalue weighted by Gasteiger charge is 2.04. The van der Waals surface area contributed by atoms with Crippen molar-refractivity contribution < 1.29 is 14.3 Å². The maximum absolute atomic E-state index is 12.8. The number of anilines is 1. The minimum absolute atomic E-state index is 0.170. The van der Waals surface area contributed by atoms with Crippen LogP contribution in [0.25, 0.3) is 6.08 Å². The largest absolute Gasteiger partial charge is 0.506 e.